The summed E-state index contributed by atoms with van der Waals surface area (Å²) in [6.45, 7) is 4.29. The number of rotatable bonds is 8. The Bertz CT molecular complexity index is 792. The molecule has 0 radical (unpaired) electrons. The van der Waals surface area contributed by atoms with Crippen LogP contribution < -0.4 is 5.32 Å². The molecule has 2 aromatic rings. The third kappa shape index (κ3) is 5.41. The maximum atomic E-state index is 12.4. The van der Waals surface area contributed by atoms with Gasteiger partial charge in [-0.15, -0.1) is 11.3 Å². The normalized spacial score (nSPS) is 15.0. The van der Waals surface area contributed by atoms with Crippen LogP contribution in [0.25, 0.3) is 0 Å². The summed E-state index contributed by atoms with van der Waals surface area (Å²) in [4.78, 5) is 31.0. The van der Waals surface area contributed by atoms with E-state index in [9.17, 15) is 9.59 Å². The monoisotopic (exact) mass is 403 g/mol. The highest BCUT2D eigenvalue weighted by Gasteiger charge is 2.23. The highest BCUT2D eigenvalue weighted by atomic mass is 32.1. The lowest BCUT2D eigenvalue weighted by atomic mass is 9.96. The van der Waals surface area contributed by atoms with Gasteiger partial charge in [0, 0.05) is 50.4 Å². The zero-order valence-electron chi connectivity index (χ0n) is 16.7. The molecule has 7 nitrogen and oxygen atoms in total. The Morgan fingerprint density at radius 1 is 1.29 bits per heavy atom. The fourth-order valence-corrected chi connectivity index (χ4v) is 4.38. The van der Waals surface area contributed by atoms with Crippen molar-refractivity contribution >= 4 is 23.2 Å². The van der Waals surface area contributed by atoms with Crippen molar-refractivity contribution in [2.45, 2.75) is 45.4 Å². The zero-order valence-corrected chi connectivity index (χ0v) is 17.5. The second kappa shape index (κ2) is 9.82. The van der Waals surface area contributed by atoms with E-state index in [4.69, 9.17) is 0 Å². The molecule has 1 aliphatic rings. The lowest BCUT2D eigenvalue weighted by Gasteiger charge is -2.32. The van der Waals surface area contributed by atoms with E-state index < -0.39 is 0 Å². The van der Waals surface area contributed by atoms with Crippen molar-refractivity contribution in [3.8, 4) is 0 Å². The van der Waals surface area contributed by atoms with Gasteiger partial charge in [-0.2, -0.15) is 5.10 Å². The van der Waals surface area contributed by atoms with Crippen LogP contribution in [0.5, 0.6) is 0 Å². The van der Waals surface area contributed by atoms with Crippen molar-refractivity contribution in [2.24, 2.45) is 13.0 Å². The molecule has 152 valence electrons. The van der Waals surface area contributed by atoms with E-state index in [1.807, 2.05) is 28.1 Å². The number of piperidine rings is 1. The maximum absolute atomic E-state index is 12.4. The molecular formula is C20H29N5O2S. The number of carbonyl (C=O) groups is 2. The predicted octanol–water partition coefficient (Wildman–Crippen LogP) is 2.43. The third-order valence-corrected chi connectivity index (χ3v) is 6.19. The van der Waals surface area contributed by atoms with Crippen molar-refractivity contribution in [1.82, 2.24) is 25.0 Å². The third-order valence-electron chi connectivity index (χ3n) is 5.28. The first-order valence-corrected chi connectivity index (χ1v) is 10.9. The van der Waals surface area contributed by atoms with Crippen molar-refractivity contribution in [3.05, 3.63) is 34.0 Å². The van der Waals surface area contributed by atoms with Gasteiger partial charge in [0.15, 0.2) is 0 Å². The molecule has 1 saturated heterocycles. The molecule has 2 aromatic heterocycles. The van der Waals surface area contributed by atoms with Crippen LogP contribution >= 0.6 is 11.3 Å². The standard InChI is InChI=1S/C20H29N5O2S/c1-3-4-18-23-17(14-28-18)20(27)21-13-15-8-11-25(12-9-15)19(26)6-5-16-7-10-22-24(16)2/h7,10,14-15H,3-6,8-9,11-13H2,1-2H3,(H,21,27). The minimum absolute atomic E-state index is 0.0895. The van der Waals surface area contributed by atoms with Crippen LogP contribution in [0.3, 0.4) is 0 Å². The maximum Gasteiger partial charge on any atom is 0.270 e. The van der Waals surface area contributed by atoms with E-state index in [1.165, 1.54) is 0 Å². The summed E-state index contributed by atoms with van der Waals surface area (Å²) in [6.07, 6.45) is 6.81. The second-order valence-electron chi connectivity index (χ2n) is 7.36. The van der Waals surface area contributed by atoms with E-state index >= 15 is 0 Å². The number of aromatic nitrogens is 3. The smallest absolute Gasteiger partial charge is 0.270 e. The molecule has 0 aliphatic carbocycles. The van der Waals surface area contributed by atoms with Gasteiger partial charge in [-0.1, -0.05) is 6.92 Å². The number of amides is 2. The Labute approximate surface area is 170 Å². The lowest BCUT2D eigenvalue weighted by Crippen LogP contribution is -2.41. The van der Waals surface area contributed by atoms with Gasteiger partial charge in [0.1, 0.15) is 5.69 Å². The molecule has 0 unspecified atom stereocenters. The summed E-state index contributed by atoms with van der Waals surface area (Å²) in [5.41, 5.74) is 1.60. The number of likely N-dealkylation sites (tertiary alicyclic amines) is 1. The van der Waals surface area contributed by atoms with Crippen LogP contribution in [0.4, 0.5) is 0 Å². The van der Waals surface area contributed by atoms with Crippen molar-refractivity contribution in [3.63, 3.8) is 0 Å². The van der Waals surface area contributed by atoms with Gasteiger partial charge in [0.05, 0.1) is 5.01 Å². The minimum atomic E-state index is -0.0895. The number of thiazole rings is 1. The molecular weight excluding hydrogens is 374 g/mol. The van der Waals surface area contributed by atoms with E-state index in [1.54, 1.807) is 17.5 Å². The van der Waals surface area contributed by atoms with Crippen molar-refractivity contribution in [2.75, 3.05) is 19.6 Å². The van der Waals surface area contributed by atoms with E-state index in [0.717, 1.165) is 55.9 Å². The molecule has 8 heteroatoms. The number of nitrogens with one attached hydrogen (secondary N) is 1. The molecule has 1 N–H and O–H groups in total. The van der Waals surface area contributed by atoms with Crippen LogP contribution in [0.1, 0.15) is 53.8 Å². The summed E-state index contributed by atoms with van der Waals surface area (Å²) >= 11 is 1.55. The predicted molar refractivity (Wildman–Crippen MR) is 109 cm³/mol. The van der Waals surface area contributed by atoms with Crippen LogP contribution in [0.2, 0.25) is 0 Å². The number of aryl methyl sites for hydroxylation is 3. The van der Waals surface area contributed by atoms with Crippen LogP contribution in [0, 0.1) is 5.92 Å². The molecule has 3 rings (SSSR count). The molecule has 1 aliphatic heterocycles. The summed E-state index contributed by atoms with van der Waals surface area (Å²) in [6, 6.07) is 1.95. The minimum Gasteiger partial charge on any atom is -0.350 e. The lowest BCUT2D eigenvalue weighted by molar-refractivity contribution is -0.132. The van der Waals surface area contributed by atoms with Crippen LogP contribution in [-0.4, -0.2) is 51.1 Å². The molecule has 3 heterocycles. The van der Waals surface area contributed by atoms with E-state index in [0.29, 0.717) is 24.6 Å². The summed E-state index contributed by atoms with van der Waals surface area (Å²) < 4.78 is 1.82. The van der Waals surface area contributed by atoms with Gasteiger partial charge in [-0.3, -0.25) is 14.3 Å². The van der Waals surface area contributed by atoms with Crippen LogP contribution in [0.15, 0.2) is 17.6 Å². The Morgan fingerprint density at radius 2 is 2.07 bits per heavy atom. The molecule has 0 saturated carbocycles. The summed E-state index contributed by atoms with van der Waals surface area (Å²) in [5.74, 6) is 0.529. The zero-order chi connectivity index (χ0) is 19.9. The number of nitrogens with zero attached hydrogens (tertiary/aromatic N) is 4. The molecule has 2 amide bonds. The van der Waals surface area contributed by atoms with Gasteiger partial charge in [-0.25, -0.2) is 4.98 Å². The fourth-order valence-electron chi connectivity index (χ4n) is 3.50. The topological polar surface area (TPSA) is 80.1 Å². The molecule has 0 aromatic carbocycles. The molecule has 0 bridgehead atoms. The number of hydrogen-bond acceptors (Lipinski definition) is 5. The van der Waals surface area contributed by atoms with Crippen LogP contribution in [-0.2, 0) is 24.7 Å². The van der Waals surface area contributed by atoms with Gasteiger partial charge < -0.3 is 10.2 Å². The molecule has 0 spiro atoms. The Balaban J connectivity index is 1.37. The highest BCUT2D eigenvalue weighted by molar-refractivity contribution is 7.09. The Hall–Kier alpha value is -2.22. The SMILES string of the molecule is CCCc1nc(C(=O)NCC2CCN(C(=O)CCc3ccnn3C)CC2)cs1. The van der Waals surface area contributed by atoms with Crippen molar-refractivity contribution < 1.29 is 9.59 Å². The first kappa shape index (κ1) is 20.5. The first-order valence-electron chi connectivity index (χ1n) is 10.0. The van der Waals surface area contributed by atoms with Gasteiger partial charge in [-0.05, 0) is 44.1 Å². The van der Waals surface area contributed by atoms with E-state index in [2.05, 4.69) is 22.3 Å². The largest absolute Gasteiger partial charge is 0.350 e. The molecule has 0 atom stereocenters. The number of carbonyl (C=O) groups excluding carboxylic acids is 2. The highest BCUT2D eigenvalue weighted by Crippen LogP contribution is 2.18. The van der Waals surface area contributed by atoms with E-state index in [-0.39, 0.29) is 11.8 Å². The Morgan fingerprint density at radius 3 is 2.75 bits per heavy atom. The van der Waals surface area contributed by atoms with Crippen molar-refractivity contribution in [1.29, 1.82) is 0 Å². The Kier molecular flexibility index (Phi) is 7.19. The summed E-state index contributed by atoms with van der Waals surface area (Å²) in [7, 11) is 1.90. The average Bonchev–Trinajstić information content (AvgIpc) is 3.34. The quantitative estimate of drug-likeness (QED) is 0.734. The van der Waals surface area contributed by atoms with Gasteiger partial charge in [0.2, 0.25) is 5.91 Å². The van der Waals surface area contributed by atoms with Gasteiger partial charge in [0.25, 0.3) is 5.91 Å². The summed E-state index contributed by atoms with van der Waals surface area (Å²) in [5, 5.41) is 10.0. The molecule has 1 fully saturated rings. The first-order chi connectivity index (χ1) is 13.6. The molecule has 28 heavy (non-hydrogen) atoms. The fraction of sp³-hybridized carbons (Fsp3) is 0.600. The second-order valence-corrected chi connectivity index (χ2v) is 8.30. The number of hydrogen-bond donors (Lipinski definition) is 1. The van der Waals surface area contributed by atoms with Gasteiger partial charge >= 0.3 is 0 Å². The average molecular weight is 404 g/mol.